The number of rotatable bonds is 8. The first-order valence-corrected chi connectivity index (χ1v) is 11.4. The van der Waals surface area contributed by atoms with Crippen LogP contribution in [0.1, 0.15) is 60.8 Å². The van der Waals surface area contributed by atoms with Crippen molar-refractivity contribution in [3.8, 4) is 11.8 Å². The van der Waals surface area contributed by atoms with Gasteiger partial charge in [0.2, 0.25) is 0 Å². The molecule has 0 heterocycles. The molecular formula is C27H36N4. The van der Waals surface area contributed by atoms with Crippen LogP contribution in [0.3, 0.4) is 0 Å². The first-order chi connectivity index (χ1) is 15.1. The Hall–Kier alpha value is -2.58. The molecule has 2 aromatic carbocycles. The molecule has 0 amide bonds. The highest BCUT2D eigenvalue weighted by Crippen LogP contribution is 2.17. The Labute approximate surface area is 187 Å². The largest absolute Gasteiger partial charge is 0.369 e. The molecule has 5 N–H and O–H groups in total. The molecule has 0 spiro atoms. The van der Waals surface area contributed by atoms with Crippen LogP contribution in [0.15, 0.2) is 55.1 Å². The molecule has 31 heavy (non-hydrogen) atoms. The van der Waals surface area contributed by atoms with Gasteiger partial charge in [-0.25, -0.2) is 0 Å². The van der Waals surface area contributed by atoms with Crippen molar-refractivity contribution in [2.75, 3.05) is 13.6 Å². The molecule has 0 aromatic heterocycles. The molecule has 4 heteroatoms. The molecule has 1 unspecified atom stereocenters. The lowest BCUT2D eigenvalue weighted by Crippen LogP contribution is -2.43. The van der Waals surface area contributed by atoms with Gasteiger partial charge in [-0.05, 0) is 55.3 Å². The third-order valence-corrected chi connectivity index (χ3v) is 5.77. The maximum absolute atomic E-state index is 5.98. The minimum atomic E-state index is -0.165. The van der Waals surface area contributed by atoms with Crippen LogP contribution in [0.4, 0.5) is 0 Å². The third kappa shape index (κ3) is 7.88. The van der Waals surface area contributed by atoms with E-state index in [2.05, 4.69) is 58.6 Å². The molecule has 1 aliphatic rings. The average Bonchev–Trinajstić information content (AvgIpc) is 3.06. The summed E-state index contributed by atoms with van der Waals surface area (Å²) in [7, 11) is 1.88. The Morgan fingerprint density at radius 1 is 0.968 bits per heavy atom. The minimum Gasteiger partial charge on any atom is -0.369 e. The summed E-state index contributed by atoms with van der Waals surface area (Å²) < 4.78 is 0. The van der Waals surface area contributed by atoms with Crippen LogP contribution in [-0.4, -0.2) is 25.8 Å². The van der Waals surface area contributed by atoms with Crippen molar-refractivity contribution < 1.29 is 0 Å². The molecule has 0 radical (unpaired) electrons. The molecular weight excluding hydrogens is 380 g/mol. The van der Waals surface area contributed by atoms with Gasteiger partial charge in [-0.1, -0.05) is 68.4 Å². The first-order valence-electron chi connectivity index (χ1n) is 11.4. The molecule has 164 valence electrons. The topological polar surface area (TPSA) is 62.1 Å². The normalized spacial score (nSPS) is 15.4. The second kappa shape index (κ2) is 12.3. The monoisotopic (exact) mass is 416 g/mol. The molecule has 3 rings (SSSR count). The molecule has 0 aliphatic heterocycles. The van der Waals surface area contributed by atoms with E-state index in [0.717, 1.165) is 28.9 Å². The molecule has 1 saturated carbocycles. The molecule has 1 atom stereocenters. The number of nitrogens with two attached hydrogens (primary N) is 1. The van der Waals surface area contributed by atoms with Gasteiger partial charge < -0.3 is 21.7 Å². The Kier molecular flexibility index (Phi) is 9.17. The fourth-order valence-electron chi connectivity index (χ4n) is 3.93. The highest BCUT2D eigenvalue weighted by Gasteiger charge is 2.11. The van der Waals surface area contributed by atoms with E-state index in [0.29, 0.717) is 12.6 Å². The number of hydrogen-bond acceptors (Lipinski definition) is 4. The van der Waals surface area contributed by atoms with Gasteiger partial charge in [0.25, 0.3) is 0 Å². The molecule has 2 aromatic rings. The van der Waals surface area contributed by atoms with Gasteiger partial charge in [0.15, 0.2) is 0 Å². The van der Waals surface area contributed by atoms with Gasteiger partial charge in [0.1, 0.15) is 0 Å². The van der Waals surface area contributed by atoms with Crippen molar-refractivity contribution in [3.63, 3.8) is 0 Å². The summed E-state index contributed by atoms with van der Waals surface area (Å²) in [6.45, 7) is 5.69. The summed E-state index contributed by atoms with van der Waals surface area (Å²) in [5, 5.41) is 9.96. The molecule has 4 nitrogen and oxygen atoms in total. The zero-order valence-corrected chi connectivity index (χ0v) is 18.7. The Bertz CT molecular complexity index is 866. The van der Waals surface area contributed by atoms with Gasteiger partial charge in [0, 0.05) is 36.0 Å². The molecule has 1 fully saturated rings. The van der Waals surface area contributed by atoms with Crippen molar-refractivity contribution in [1.82, 2.24) is 16.0 Å². The zero-order valence-electron chi connectivity index (χ0n) is 18.7. The lowest BCUT2D eigenvalue weighted by atomic mass is 10.1. The lowest BCUT2D eigenvalue weighted by molar-refractivity contribution is 0.459. The van der Waals surface area contributed by atoms with Crippen LogP contribution < -0.4 is 21.7 Å². The van der Waals surface area contributed by atoms with Crippen LogP contribution in [0.25, 0.3) is 5.70 Å². The van der Waals surface area contributed by atoms with Crippen LogP contribution in [0, 0.1) is 11.8 Å². The van der Waals surface area contributed by atoms with E-state index >= 15 is 0 Å². The quantitative estimate of drug-likeness (QED) is 0.299. The number of benzene rings is 2. The fourth-order valence-corrected chi connectivity index (χ4v) is 3.93. The van der Waals surface area contributed by atoms with Crippen molar-refractivity contribution in [2.45, 2.75) is 57.3 Å². The predicted octanol–water partition coefficient (Wildman–Crippen LogP) is 3.96. The maximum Gasteiger partial charge on any atom is 0.0870 e. The summed E-state index contributed by atoms with van der Waals surface area (Å²) in [6.07, 6.45) is 7.98. The van der Waals surface area contributed by atoms with E-state index in [9.17, 15) is 0 Å². The number of hydrogen-bond donors (Lipinski definition) is 4. The van der Waals surface area contributed by atoms with E-state index in [-0.39, 0.29) is 6.17 Å². The second-order valence-corrected chi connectivity index (χ2v) is 8.38. The minimum absolute atomic E-state index is 0.165. The number of nitrogens with one attached hydrogen (secondary N) is 3. The van der Waals surface area contributed by atoms with Gasteiger partial charge in [-0.2, -0.15) is 0 Å². The predicted molar refractivity (Wildman–Crippen MR) is 131 cm³/mol. The molecule has 0 bridgehead atoms. The SMILES string of the molecule is C=C(NC(N)CNC)c1ccc(C#Cc2ccc(CNC3CCCCCC3)cc2)cc1. The zero-order chi connectivity index (χ0) is 21.9. The van der Waals surface area contributed by atoms with Crippen LogP contribution in [0.2, 0.25) is 0 Å². The molecule has 0 saturated heterocycles. The van der Waals surface area contributed by atoms with E-state index in [1.165, 1.54) is 44.1 Å². The highest BCUT2D eigenvalue weighted by molar-refractivity contribution is 5.62. The van der Waals surface area contributed by atoms with E-state index < -0.39 is 0 Å². The third-order valence-electron chi connectivity index (χ3n) is 5.77. The summed E-state index contributed by atoms with van der Waals surface area (Å²) in [6, 6.07) is 17.3. The van der Waals surface area contributed by atoms with Crippen LogP contribution in [0.5, 0.6) is 0 Å². The maximum atomic E-state index is 5.98. The Morgan fingerprint density at radius 2 is 1.55 bits per heavy atom. The summed E-state index contributed by atoms with van der Waals surface area (Å²) in [5.41, 5.74) is 11.1. The van der Waals surface area contributed by atoms with Crippen molar-refractivity contribution in [1.29, 1.82) is 0 Å². The van der Waals surface area contributed by atoms with E-state index in [1.807, 2.05) is 31.3 Å². The summed E-state index contributed by atoms with van der Waals surface area (Å²) in [4.78, 5) is 0. The van der Waals surface area contributed by atoms with Gasteiger partial charge in [0.05, 0.1) is 6.17 Å². The van der Waals surface area contributed by atoms with Crippen LogP contribution in [-0.2, 0) is 6.54 Å². The standard InChI is InChI=1S/C27H36N4/c1-21(31-27(28)20-29-2)25-17-15-23(16-18-25)10-9-22-11-13-24(14-12-22)19-30-26-7-5-3-4-6-8-26/h11-18,26-27,29-31H,1,3-8,19-20,28H2,2H3. The number of likely N-dealkylation sites (N-methyl/N-ethyl adjacent to an activating group) is 1. The van der Waals surface area contributed by atoms with Gasteiger partial charge >= 0.3 is 0 Å². The van der Waals surface area contributed by atoms with Gasteiger partial charge in [-0.15, -0.1) is 0 Å². The smallest absolute Gasteiger partial charge is 0.0870 e. The van der Waals surface area contributed by atoms with Crippen LogP contribution >= 0.6 is 0 Å². The first kappa shape index (κ1) is 23.1. The summed E-state index contributed by atoms with van der Waals surface area (Å²) >= 11 is 0. The average molecular weight is 417 g/mol. The Balaban J connectivity index is 1.51. The Morgan fingerprint density at radius 3 is 2.13 bits per heavy atom. The van der Waals surface area contributed by atoms with Gasteiger partial charge in [-0.3, -0.25) is 0 Å². The fraction of sp³-hybridized carbons (Fsp3) is 0.407. The highest BCUT2D eigenvalue weighted by atomic mass is 15.1. The van der Waals surface area contributed by atoms with Crippen molar-refractivity contribution in [2.24, 2.45) is 5.73 Å². The lowest BCUT2D eigenvalue weighted by Gasteiger charge is -2.16. The van der Waals surface area contributed by atoms with Crippen molar-refractivity contribution >= 4 is 5.70 Å². The second-order valence-electron chi connectivity index (χ2n) is 8.38. The summed E-state index contributed by atoms with van der Waals surface area (Å²) in [5.74, 6) is 6.51. The molecule has 1 aliphatic carbocycles. The van der Waals surface area contributed by atoms with Crippen molar-refractivity contribution in [3.05, 3.63) is 77.4 Å². The van der Waals surface area contributed by atoms with E-state index in [4.69, 9.17) is 5.73 Å². The van der Waals surface area contributed by atoms with E-state index in [1.54, 1.807) is 0 Å².